The van der Waals surface area contributed by atoms with Crippen LogP contribution in [0.1, 0.15) is 29.9 Å². The third-order valence-corrected chi connectivity index (χ3v) is 8.12. The number of benzene rings is 2. The lowest BCUT2D eigenvalue weighted by Gasteiger charge is -2.31. The molecule has 2 heterocycles. The maximum Gasteiger partial charge on any atom is 0.330 e. The number of methoxy groups -OCH3 is 3. The zero-order valence-corrected chi connectivity index (χ0v) is 20.2. The van der Waals surface area contributed by atoms with E-state index >= 15 is 0 Å². The SMILES string of the molecule is COC(=O)/C=C/c1cc(OC)c(OC)c(S(=O)(=O)N2CCC(c3c[nH]c4ccccc34)CC2)c1. The highest BCUT2D eigenvalue weighted by molar-refractivity contribution is 7.89. The molecule has 1 aromatic heterocycles. The summed E-state index contributed by atoms with van der Waals surface area (Å²) in [6, 6.07) is 11.2. The molecule has 3 aromatic rings. The maximum atomic E-state index is 13.7. The van der Waals surface area contributed by atoms with E-state index in [9.17, 15) is 13.2 Å². The van der Waals surface area contributed by atoms with Crippen molar-refractivity contribution in [3.8, 4) is 11.5 Å². The van der Waals surface area contributed by atoms with Gasteiger partial charge < -0.3 is 19.2 Å². The number of para-hydroxylation sites is 1. The minimum atomic E-state index is -3.87. The molecule has 0 saturated carbocycles. The van der Waals surface area contributed by atoms with Crippen LogP contribution in [0.3, 0.4) is 0 Å². The second-order valence-corrected chi connectivity index (χ2v) is 9.99. The number of aromatic amines is 1. The summed E-state index contributed by atoms with van der Waals surface area (Å²) in [4.78, 5) is 14.8. The Morgan fingerprint density at radius 3 is 2.50 bits per heavy atom. The molecule has 180 valence electrons. The highest BCUT2D eigenvalue weighted by Gasteiger charge is 2.34. The van der Waals surface area contributed by atoms with Crippen LogP contribution >= 0.6 is 0 Å². The van der Waals surface area contributed by atoms with E-state index < -0.39 is 16.0 Å². The predicted octanol–water partition coefficient (Wildman–Crippen LogP) is 3.94. The number of sulfonamides is 1. The molecular formula is C25H28N2O6S. The average molecular weight is 485 g/mol. The summed E-state index contributed by atoms with van der Waals surface area (Å²) in [5, 5.41) is 1.18. The van der Waals surface area contributed by atoms with E-state index in [1.54, 1.807) is 6.07 Å². The second kappa shape index (κ2) is 9.90. The first-order valence-electron chi connectivity index (χ1n) is 11.0. The molecular weight excluding hydrogens is 456 g/mol. The minimum absolute atomic E-state index is 0.00408. The molecule has 9 heteroatoms. The Balaban J connectivity index is 1.61. The Morgan fingerprint density at radius 2 is 1.82 bits per heavy atom. The van der Waals surface area contributed by atoms with Gasteiger partial charge in [0, 0.05) is 36.3 Å². The number of fused-ring (bicyclic) bond motifs is 1. The van der Waals surface area contributed by atoms with Crippen molar-refractivity contribution >= 4 is 33.0 Å². The summed E-state index contributed by atoms with van der Waals surface area (Å²) in [6.07, 6.45) is 6.16. The normalized spacial score (nSPS) is 15.6. The van der Waals surface area contributed by atoms with Crippen LogP contribution in [0.25, 0.3) is 17.0 Å². The maximum absolute atomic E-state index is 13.7. The van der Waals surface area contributed by atoms with Crippen LogP contribution in [-0.2, 0) is 19.6 Å². The van der Waals surface area contributed by atoms with Gasteiger partial charge in [-0.2, -0.15) is 4.31 Å². The lowest BCUT2D eigenvalue weighted by atomic mass is 9.90. The van der Waals surface area contributed by atoms with Crippen LogP contribution < -0.4 is 9.47 Å². The van der Waals surface area contributed by atoms with Crippen LogP contribution in [0.4, 0.5) is 0 Å². The number of nitrogens with one attached hydrogen (secondary N) is 1. The van der Waals surface area contributed by atoms with E-state index in [0.29, 0.717) is 31.5 Å². The Bertz CT molecular complexity index is 1320. The van der Waals surface area contributed by atoms with Crippen molar-refractivity contribution in [2.24, 2.45) is 0 Å². The molecule has 0 amide bonds. The van der Waals surface area contributed by atoms with Crippen LogP contribution in [0.15, 0.2) is 53.6 Å². The van der Waals surface area contributed by atoms with E-state index in [1.807, 2.05) is 24.4 Å². The van der Waals surface area contributed by atoms with E-state index in [1.165, 1.54) is 54.8 Å². The fourth-order valence-corrected chi connectivity index (χ4v) is 6.12. The van der Waals surface area contributed by atoms with Crippen LogP contribution in [0.5, 0.6) is 11.5 Å². The van der Waals surface area contributed by atoms with Crippen LogP contribution in [0, 0.1) is 0 Å². The number of piperidine rings is 1. The molecule has 2 aromatic carbocycles. The van der Waals surface area contributed by atoms with Gasteiger partial charge >= 0.3 is 5.97 Å². The third kappa shape index (κ3) is 4.53. The first-order valence-corrected chi connectivity index (χ1v) is 12.4. The standard InChI is InChI=1S/C25H28N2O6S/c1-31-22-14-17(8-9-24(28)32-2)15-23(25(22)33-3)34(29,30)27-12-10-18(11-13-27)20-16-26-21-7-5-4-6-19(20)21/h4-9,14-16,18,26H,10-13H2,1-3H3/b9-8+. The number of hydrogen-bond donors (Lipinski definition) is 1. The van der Waals surface area contributed by atoms with E-state index in [4.69, 9.17) is 9.47 Å². The largest absolute Gasteiger partial charge is 0.493 e. The van der Waals surface area contributed by atoms with Gasteiger partial charge in [0.2, 0.25) is 10.0 Å². The Morgan fingerprint density at radius 1 is 1.09 bits per heavy atom. The van der Waals surface area contributed by atoms with E-state index in [-0.39, 0.29) is 22.3 Å². The molecule has 4 rings (SSSR count). The van der Waals surface area contributed by atoms with Gasteiger partial charge in [-0.25, -0.2) is 13.2 Å². The zero-order chi connectivity index (χ0) is 24.3. The number of ether oxygens (including phenoxy) is 3. The molecule has 1 aliphatic rings. The summed E-state index contributed by atoms with van der Waals surface area (Å²) in [5.41, 5.74) is 2.79. The summed E-state index contributed by atoms with van der Waals surface area (Å²) < 4.78 is 44.2. The Hall–Kier alpha value is -3.30. The summed E-state index contributed by atoms with van der Waals surface area (Å²) in [5.74, 6) is 0.130. The number of esters is 1. The van der Waals surface area contributed by atoms with E-state index in [2.05, 4.69) is 15.8 Å². The first-order chi connectivity index (χ1) is 16.4. The van der Waals surface area contributed by atoms with Crippen molar-refractivity contribution in [2.75, 3.05) is 34.4 Å². The molecule has 8 nitrogen and oxygen atoms in total. The fourth-order valence-electron chi connectivity index (χ4n) is 4.45. The van der Waals surface area contributed by atoms with E-state index in [0.717, 1.165) is 5.52 Å². The van der Waals surface area contributed by atoms with Crippen molar-refractivity contribution in [1.29, 1.82) is 0 Å². The van der Waals surface area contributed by atoms with Gasteiger partial charge in [0.05, 0.1) is 21.3 Å². The quantitative estimate of drug-likeness (QED) is 0.403. The molecule has 1 fully saturated rings. The van der Waals surface area contributed by atoms with Crippen molar-refractivity contribution in [3.63, 3.8) is 0 Å². The van der Waals surface area contributed by atoms with Gasteiger partial charge in [-0.15, -0.1) is 0 Å². The Kier molecular flexibility index (Phi) is 6.95. The second-order valence-electron chi connectivity index (χ2n) is 8.08. The van der Waals surface area contributed by atoms with Crippen molar-refractivity contribution in [2.45, 2.75) is 23.7 Å². The number of hydrogen-bond acceptors (Lipinski definition) is 6. The topological polar surface area (TPSA) is 97.9 Å². The molecule has 0 aliphatic carbocycles. The van der Waals surface area contributed by atoms with Gasteiger partial charge in [-0.1, -0.05) is 18.2 Å². The highest BCUT2D eigenvalue weighted by atomic mass is 32.2. The average Bonchev–Trinajstić information content (AvgIpc) is 3.30. The monoisotopic (exact) mass is 484 g/mol. The molecule has 0 spiro atoms. The van der Waals surface area contributed by atoms with Crippen molar-refractivity contribution in [3.05, 3.63) is 59.8 Å². The number of H-pyrrole nitrogens is 1. The predicted molar refractivity (Wildman–Crippen MR) is 130 cm³/mol. The molecule has 1 N–H and O–H groups in total. The fraction of sp³-hybridized carbons (Fsp3) is 0.320. The number of rotatable bonds is 7. The number of aromatic nitrogens is 1. The molecule has 34 heavy (non-hydrogen) atoms. The van der Waals surface area contributed by atoms with Gasteiger partial charge in [-0.05, 0) is 54.2 Å². The van der Waals surface area contributed by atoms with Gasteiger partial charge in [0.1, 0.15) is 4.90 Å². The Labute approximate surface area is 199 Å². The van der Waals surface area contributed by atoms with Crippen molar-refractivity contribution < 1.29 is 27.4 Å². The lowest BCUT2D eigenvalue weighted by Crippen LogP contribution is -2.38. The number of nitrogens with zero attached hydrogens (tertiary/aromatic N) is 1. The summed E-state index contributed by atoms with van der Waals surface area (Å²) in [7, 11) is 0.253. The zero-order valence-electron chi connectivity index (χ0n) is 19.4. The minimum Gasteiger partial charge on any atom is -0.493 e. The molecule has 0 atom stereocenters. The van der Waals surface area contributed by atoms with Gasteiger partial charge in [0.15, 0.2) is 11.5 Å². The molecule has 1 saturated heterocycles. The molecule has 0 radical (unpaired) electrons. The first kappa shape index (κ1) is 23.8. The highest BCUT2D eigenvalue weighted by Crippen LogP contribution is 2.40. The number of carbonyl (C=O) groups excluding carboxylic acids is 1. The lowest BCUT2D eigenvalue weighted by molar-refractivity contribution is -0.134. The smallest absolute Gasteiger partial charge is 0.330 e. The number of carbonyl (C=O) groups is 1. The van der Waals surface area contributed by atoms with Crippen LogP contribution in [-0.4, -0.2) is 58.1 Å². The summed E-state index contributed by atoms with van der Waals surface area (Å²) in [6.45, 7) is 0.778. The molecule has 0 bridgehead atoms. The van der Waals surface area contributed by atoms with Gasteiger partial charge in [0.25, 0.3) is 0 Å². The van der Waals surface area contributed by atoms with Gasteiger partial charge in [-0.3, -0.25) is 0 Å². The van der Waals surface area contributed by atoms with Crippen LogP contribution in [0.2, 0.25) is 0 Å². The molecule has 0 unspecified atom stereocenters. The molecule has 1 aliphatic heterocycles. The van der Waals surface area contributed by atoms with Crippen molar-refractivity contribution in [1.82, 2.24) is 9.29 Å². The summed E-state index contributed by atoms with van der Waals surface area (Å²) >= 11 is 0. The third-order valence-electron chi connectivity index (χ3n) is 6.21.